The van der Waals surface area contributed by atoms with Crippen LogP contribution in [0.1, 0.15) is 39.0 Å². The van der Waals surface area contributed by atoms with Gasteiger partial charge in [-0.15, -0.1) is 0 Å². The van der Waals surface area contributed by atoms with Crippen LogP contribution in [0.15, 0.2) is 12.1 Å². The molecule has 0 saturated carbocycles. The summed E-state index contributed by atoms with van der Waals surface area (Å²) in [4.78, 5) is 7.18. The molecule has 0 radical (unpaired) electrons. The zero-order valence-corrected chi connectivity index (χ0v) is 14.1. The Labute approximate surface area is 127 Å². The lowest BCUT2D eigenvalue weighted by atomic mass is 10.2. The minimum atomic E-state index is 0.512. The molecule has 3 nitrogen and oxygen atoms in total. The Morgan fingerprint density at radius 1 is 1.30 bits per heavy atom. The summed E-state index contributed by atoms with van der Waals surface area (Å²) in [6, 6.07) is 4.95. The van der Waals surface area contributed by atoms with Gasteiger partial charge in [0.1, 0.15) is 5.82 Å². The second-order valence-electron chi connectivity index (χ2n) is 6.17. The molecule has 1 saturated heterocycles. The topological polar surface area (TPSA) is 28.2 Å². The van der Waals surface area contributed by atoms with E-state index in [9.17, 15) is 0 Å². The molecule has 20 heavy (non-hydrogen) atoms. The molecule has 0 bridgehead atoms. The highest BCUT2D eigenvalue weighted by atomic mass is 32.2. The monoisotopic (exact) mass is 293 g/mol. The van der Waals surface area contributed by atoms with Gasteiger partial charge < -0.3 is 10.2 Å². The maximum Gasteiger partial charge on any atom is 0.129 e. The second kappa shape index (κ2) is 6.81. The van der Waals surface area contributed by atoms with Gasteiger partial charge in [0.25, 0.3) is 0 Å². The highest BCUT2D eigenvalue weighted by molar-refractivity contribution is 8.00. The van der Waals surface area contributed by atoms with Gasteiger partial charge in [-0.2, -0.15) is 11.8 Å². The SMILES string of the molecule is Cc1cc(CNC(C)C)cc(N2CC(C)SC(C)C2)n1. The van der Waals surface area contributed by atoms with Crippen LogP contribution in [0.5, 0.6) is 0 Å². The maximum atomic E-state index is 4.74. The molecule has 0 amide bonds. The van der Waals surface area contributed by atoms with Crippen molar-refractivity contribution in [1.29, 1.82) is 0 Å². The Hall–Kier alpha value is -0.740. The summed E-state index contributed by atoms with van der Waals surface area (Å²) in [5.74, 6) is 1.14. The summed E-state index contributed by atoms with van der Waals surface area (Å²) in [7, 11) is 0. The number of anilines is 1. The van der Waals surface area contributed by atoms with Gasteiger partial charge in [-0.25, -0.2) is 4.98 Å². The molecule has 1 aromatic rings. The zero-order valence-electron chi connectivity index (χ0n) is 13.3. The normalized spacial score (nSPS) is 23.4. The lowest BCUT2D eigenvalue weighted by Gasteiger charge is -2.35. The average Bonchev–Trinajstić information content (AvgIpc) is 2.34. The molecule has 2 rings (SSSR count). The minimum absolute atomic E-state index is 0.512. The highest BCUT2D eigenvalue weighted by Crippen LogP contribution is 2.28. The van der Waals surface area contributed by atoms with Crippen LogP contribution in [-0.2, 0) is 6.54 Å². The number of rotatable bonds is 4. The molecule has 1 aliphatic heterocycles. The van der Waals surface area contributed by atoms with E-state index in [-0.39, 0.29) is 0 Å². The van der Waals surface area contributed by atoms with Crippen molar-refractivity contribution < 1.29 is 0 Å². The van der Waals surface area contributed by atoms with Crippen LogP contribution < -0.4 is 10.2 Å². The van der Waals surface area contributed by atoms with Gasteiger partial charge in [0, 0.05) is 41.9 Å². The van der Waals surface area contributed by atoms with Crippen molar-refractivity contribution in [2.24, 2.45) is 0 Å². The van der Waals surface area contributed by atoms with E-state index in [1.165, 1.54) is 5.56 Å². The summed E-state index contributed by atoms with van der Waals surface area (Å²) in [5, 5.41) is 4.84. The highest BCUT2D eigenvalue weighted by Gasteiger charge is 2.23. The first-order chi connectivity index (χ1) is 9.44. The van der Waals surface area contributed by atoms with Gasteiger partial charge in [-0.1, -0.05) is 27.7 Å². The van der Waals surface area contributed by atoms with Crippen LogP contribution in [0, 0.1) is 6.92 Å². The first-order valence-electron chi connectivity index (χ1n) is 7.55. The van der Waals surface area contributed by atoms with Crippen molar-refractivity contribution >= 4 is 17.6 Å². The summed E-state index contributed by atoms with van der Waals surface area (Å²) < 4.78 is 0. The molecule has 0 aromatic carbocycles. The van der Waals surface area contributed by atoms with E-state index in [2.05, 4.69) is 68.7 Å². The first kappa shape index (κ1) is 15.6. The van der Waals surface area contributed by atoms with Crippen LogP contribution in [0.3, 0.4) is 0 Å². The molecule has 1 aliphatic rings. The molecule has 2 heterocycles. The van der Waals surface area contributed by atoms with E-state index in [0.717, 1.165) is 31.1 Å². The van der Waals surface area contributed by atoms with E-state index in [4.69, 9.17) is 4.98 Å². The van der Waals surface area contributed by atoms with Crippen molar-refractivity contribution in [3.05, 3.63) is 23.4 Å². The Bertz CT molecular complexity index is 437. The van der Waals surface area contributed by atoms with E-state index < -0.39 is 0 Å². The molecule has 0 spiro atoms. The number of hydrogen-bond donors (Lipinski definition) is 1. The van der Waals surface area contributed by atoms with Crippen LogP contribution >= 0.6 is 11.8 Å². The average molecular weight is 293 g/mol. The van der Waals surface area contributed by atoms with Gasteiger partial charge >= 0.3 is 0 Å². The first-order valence-corrected chi connectivity index (χ1v) is 8.49. The third-order valence-corrected chi connectivity index (χ3v) is 4.69. The van der Waals surface area contributed by atoms with E-state index in [1.54, 1.807) is 0 Å². The smallest absolute Gasteiger partial charge is 0.129 e. The fraction of sp³-hybridized carbons (Fsp3) is 0.688. The Kier molecular flexibility index (Phi) is 5.33. The Balaban J connectivity index is 2.14. The van der Waals surface area contributed by atoms with Crippen LogP contribution in [-0.4, -0.2) is 34.6 Å². The number of pyridine rings is 1. The Morgan fingerprint density at radius 3 is 2.55 bits per heavy atom. The summed E-state index contributed by atoms with van der Waals surface area (Å²) in [5.41, 5.74) is 2.45. The standard InChI is InChI=1S/C16H27N3S/c1-11(2)17-8-15-6-12(3)18-16(7-15)19-9-13(4)20-14(5)10-19/h6-7,11,13-14,17H,8-10H2,1-5H3. The van der Waals surface area contributed by atoms with Crippen LogP contribution in [0.4, 0.5) is 5.82 Å². The Morgan fingerprint density at radius 2 is 1.95 bits per heavy atom. The molecule has 1 fully saturated rings. The number of thioether (sulfide) groups is 1. The molecule has 4 heteroatoms. The predicted octanol–water partition coefficient (Wildman–Crippen LogP) is 3.22. The predicted molar refractivity (Wildman–Crippen MR) is 89.7 cm³/mol. The third kappa shape index (κ3) is 4.38. The van der Waals surface area contributed by atoms with E-state index in [1.807, 2.05) is 0 Å². The van der Waals surface area contributed by atoms with Crippen molar-refractivity contribution in [2.45, 2.75) is 57.7 Å². The molecule has 2 atom stereocenters. The number of aromatic nitrogens is 1. The molecule has 0 aliphatic carbocycles. The molecular formula is C16H27N3S. The lowest BCUT2D eigenvalue weighted by Crippen LogP contribution is -2.41. The molecule has 112 valence electrons. The maximum absolute atomic E-state index is 4.74. The van der Waals surface area contributed by atoms with E-state index in [0.29, 0.717) is 16.5 Å². The number of nitrogens with zero attached hydrogens (tertiary/aromatic N) is 2. The molecule has 2 unspecified atom stereocenters. The van der Waals surface area contributed by atoms with Crippen LogP contribution in [0.2, 0.25) is 0 Å². The van der Waals surface area contributed by atoms with Crippen molar-refractivity contribution in [3.8, 4) is 0 Å². The van der Waals surface area contributed by atoms with Gasteiger partial charge in [-0.05, 0) is 24.6 Å². The fourth-order valence-electron chi connectivity index (χ4n) is 2.67. The van der Waals surface area contributed by atoms with Crippen LogP contribution in [0.25, 0.3) is 0 Å². The number of aryl methyl sites for hydroxylation is 1. The third-order valence-electron chi connectivity index (χ3n) is 3.46. The summed E-state index contributed by atoms with van der Waals surface area (Å²) in [6.45, 7) is 14.2. The largest absolute Gasteiger partial charge is 0.354 e. The van der Waals surface area contributed by atoms with Crippen molar-refractivity contribution in [2.75, 3.05) is 18.0 Å². The molecule has 1 aromatic heterocycles. The summed E-state index contributed by atoms with van der Waals surface area (Å²) >= 11 is 2.08. The molecular weight excluding hydrogens is 266 g/mol. The minimum Gasteiger partial charge on any atom is -0.354 e. The zero-order chi connectivity index (χ0) is 14.7. The lowest BCUT2D eigenvalue weighted by molar-refractivity contribution is 0.588. The summed E-state index contributed by atoms with van der Waals surface area (Å²) in [6.07, 6.45) is 0. The van der Waals surface area contributed by atoms with Gasteiger partial charge in [0.2, 0.25) is 0 Å². The quantitative estimate of drug-likeness (QED) is 0.922. The second-order valence-corrected chi connectivity index (χ2v) is 8.05. The molecule has 1 N–H and O–H groups in total. The van der Waals surface area contributed by atoms with Gasteiger partial charge in [0.05, 0.1) is 0 Å². The number of hydrogen-bond acceptors (Lipinski definition) is 4. The van der Waals surface area contributed by atoms with Crippen molar-refractivity contribution in [1.82, 2.24) is 10.3 Å². The van der Waals surface area contributed by atoms with Gasteiger partial charge in [0.15, 0.2) is 0 Å². The number of nitrogens with one attached hydrogen (secondary N) is 1. The van der Waals surface area contributed by atoms with Gasteiger partial charge in [-0.3, -0.25) is 0 Å². The van der Waals surface area contributed by atoms with E-state index >= 15 is 0 Å². The fourth-order valence-corrected chi connectivity index (χ4v) is 4.00. The van der Waals surface area contributed by atoms with Crippen molar-refractivity contribution in [3.63, 3.8) is 0 Å².